The van der Waals surface area contributed by atoms with E-state index in [2.05, 4.69) is 10.3 Å². The Morgan fingerprint density at radius 2 is 1.79 bits per heavy atom. The summed E-state index contributed by atoms with van der Waals surface area (Å²) in [4.78, 5) is 16.6. The fourth-order valence-electron chi connectivity index (χ4n) is 2.60. The molecule has 0 saturated heterocycles. The fraction of sp³-hybridized carbons (Fsp3) is 0.125. The van der Waals surface area contributed by atoms with Crippen LogP contribution in [0.15, 0.2) is 59.3 Å². The molecular weight excluding hydrogens is 330 g/mol. The molecule has 0 fully saturated rings. The van der Waals surface area contributed by atoms with Crippen LogP contribution in [0.2, 0.25) is 0 Å². The number of carbonyl (C=O) groups excluding carboxylic acids is 1. The second-order valence-corrected chi connectivity index (χ2v) is 7.99. The molecule has 1 aromatic heterocycles. The highest BCUT2D eigenvalue weighted by Crippen LogP contribution is 2.39. The van der Waals surface area contributed by atoms with E-state index in [-0.39, 0.29) is 27.7 Å². The number of carbonyl (C=O) groups is 1. The van der Waals surface area contributed by atoms with Gasteiger partial charge in [0.1, 0.15) is 10.7 Å². The van der Waals surface area contributed by atoms with E-state index in [9.17, 15) is 18.3 Å². The minimum absolute atomic E-state index is 0.0121. The van der Waals surface area contributed by atoms with Crippen LogP contribution in [0.1, 0.15) is 5.56 Å². The third-order valence-corrected chi connectivity index (χ3v) is 6.20. The summed E-state index contributed by atoms with van der Waals surface area (Å²) >= 11 is 0. The number of aliphatic hydroxyl groups is 1. The number of hydrogen-bond donors (Lipinski definition) is 2. The molecule has 0 atom stereocenters. The largest absolute Gasteiger partial charge is 0.502 e. The zero-order valence-electron chi connectivity index (χ0n) is 13.1. The quantitative estimate of drug-likeness (QED) is 0.807. The van der Waals surface area contributed by atoms with E-state index < -0.39 is 19.8 Å². The van der Waals surface area contributed by atoms with Crippen molar-refractivity contribution in [1.82, 2.24) is 4.98 Å². The fourth-order valence-corrected chi connectivity index (χ4v) is 4.19. The molecule has 8 heteroatoms. The number of aromatic nitrogens is 1. The first-order chi connectivity index (χ1) is 11.3. The molecule has 7 nitrogen and oxygen atoms in total. The average molecular weight is 346 g/mol. The predicted molar refractivity (Wildman–Crippen MR) is 88.2 cm³/mol. The Hall–Kier alpha value is -2.71. The first-order valence-corrected chi connectivity index (χ1v) is 8.55. The molecule has 2 aromatic rings. The lowest BCUT2D eigenvalue weighted by atomic mass is 10.1. The van der Waals surface area contributed by atoms with Crippen LogP contribution in [0.3, 0.4) is 0 Å². The molecule has 1 aliphatic heterocycles. The highest BCUT2D eigenvalue weighted by Gasteiger charge is 2.50. The lowest BCUT2D eigenvalue weighted by Crippen LogP contribution is -2.50. The highest BCUT2D eigenvalue weighted by atomic mass is 32.2. The van der Waals surface area contributed by atoms with Gasteiger partial charge < -0.3 is 10.4 Å². The highest BCUT2D eigenvalue weighted by molar-refractivity contribution is 7.86. The number of nitrogens with zero attached hydrogens (tertiary/aromatic N) is 2. The van der Waals surface area contributed by atoms with Crippen molar-refractivity contribution in [2.45, 2.75) is 4.90 Å². The standard InChI is InChI=1S/C16H15N3O4S/c1-19(2)14(16(21)18-13-9-5-6-10-17-13)15(20)11-7-3-4-8-12(11)24(19,22)23/h3-10H,1-2H3,(H-,17,18,20,21)/p+1. The SMILES string of the molecule is C[N+]1(C)C(C(=O)Nc2ccccn2)=C(O)c2ccccc2S1(=O)=O. The summed E-state index contributed by atoms with van der Waals surface area (Å²) in [6, 6.07) is 11.0. The van der Waals surface area contributed by atoms with E-state index >= 15 is 0 Å². The maximum atomic E-state index is 12.9. The first kappa shape index (κ1) is 16.2. The minimum atomic E-state index is -3.90. The number of quaternary nitrogens is 1. The first-order valence-electron chi connectivity index (χ1n) is 7.11. The zero-order valence-corrected chi connectivity index (χ0v) is 13.9. The average Bonchev–Trinajstić information content (AvgIpc) is 2.54. The molecule has 0 unspecified atom stereocenters. The number of benzene rings is 1. The van der Waals surface area contributed by atoms with Crippen LogP contribution in [-0.4, -0.2) is 42.4 Å². The molecular formula is C16H16N3O4S+. The number of anilines is 1. The smallest absolute Gasteiger partial charge is 0.332 e. The molecule has 3 rings (SSSR count). The van der Waals surface area contributed by atoms with Crippen molar-refractivity contribution in [3.63, 3.8) is 0 Å². The van der Waals surface area contributed by atoms with Crippen LogP contribution < -0.4 is 5.32 Å². The van der Waals surface area contributed by atoms with Crippen molar-refractivity contribution in [3.05, 3.63) is 59.9 Å². The lowest BCUT2D eigenvalue weighted by Gasteiger charge is -2.33. The van der Waals surface area contributed by atoms with Crippen LogP contribution >= 0.6 is 0 Å². The van der Waals surface area contributed by atoms with E-state index in [4.69, 9.17) is 0 Å². The van der Waals surface area contributed by atoms with Gasteiger partial charge in [0.2, 0.25) is 0 Å². The second kappa shape index (κ2) is 5.43. The topological polar surface area (TPSA) is 96.4 Å². The summed E-state index contributed by atoms with van der Waals surface area (Å²) in [5.41, 5.74) is -0.152. The zero-order chi connectivity index (χ0) is 17.5. The Morgan fingerprint density at radius 3 is 2.46 bits per heavy atom. The molecule has 2 N–H and O–H groups in total. The molecule has 2 heterocycles. The van der Waals surface area contributed by atoms with E-state index in [0.29, 0.717) is 0 Å². The summed E-state index contributed by atoms with van der Waals surface area (Å²) < 4.78 is 24.9. The van der Waals surface area contributed by atoms with E-state index in [1.165, 1.54) is 32.4 Å². The van der Waals surface area contributed by atoms with Crippen LogP contribution in [0.4, 0.5) is 5.82 Å². The van der Waals surface area contributed by atoms with Gasteiger partial charge in [0.05, 0.1) is 14.1 Å². The van der Waals surface area contributed by atoms with Gasteiger partial charge in [0.25, 0.3) is 5.70 Å². The number of hydrogen-bond acceptors (Lipinski definition) is 5. The summed E-state index contributed by atoms with van der Waals surface area (Å²) in [7, 11) is -1.22. The number of amides is 1. The van der Waals surface area contributed by atoms with Gasteiger partial charge in [-0.3, -0.25) is 4.79 Å². The predicted octanol–water partition coefficient (Wildman–Crippen LogP) is 1.73. The number of likely N-dealkylation sites (N-methyl/N-ethyl adjacent to an activating group) is 1. The maximum absolute atomic E-state index is 12.9. The summed E-state index contributed by atoms with van der Waals surface area (Å²) in [5, 5.41) is 13.1. The van der Waals surface area contributed by atoms with Gasteiger partial charge in [-0.2, -0.15) is 12.3 Å². The van der Waals surface area contributed by atoms with E-state index in [0.717, 1.165) is 0 Å². The van der Waals surface area contributed by atoms with Crippen LogP contribution in [0.5, 0.6) is 0 Å². The molecule has 0 aliphatic carbocycles. The van der Waals surface area contributed by atoms with Crippen molar-refractivity contribution in [3.8, 4) is 0 Å². The monoisotopic (exact) mass is 346 g/mol. The van der Waals surface area contributed by atoms with Crippen molar-refractivity contribution in [2.75, 3.05) is 19.4 Å². The van der Waals surface area contributed by atoms with Crippen molar-refractivity contribution < 1.29 is 22.2 Å². The van der Waals surface area contributed by atoms with Gasteiger partial charge in [0.15, 0.2) is 5.76 Å². The molecule has 0 spiro atoms. The third-order valence-electron chi connectivity index (χ3n) is 3.91. The van der Waals surface area contributed by atoms with Crippen LogP contribution in [-0.2, 0) is 14.8 Å². The van der Waals surface area contributed by atoms with Crippen LogP contribution in [0.25, 0.3) is 5.76 Å². The third kappa shape index (κ3) is 2.27. The van der Waals surface area contributed by atoms with Gasteiger partial charge >= 0.3 is 15.9 Å². The Labute approximate surface area is 139 Å². The van der Waals surface area contributed by atoms with Crippen molar-refractivity contribution >= 4 is 27.5 Å². The van der Waals surface area contributed by atoms with Crippen molar-refractivity contribution in [1.29, 1.82) is 0 Å². The minimum Gasteiger partial charge on any atom is -0.502 e. The van der Waals surface area contributed by atoms with Gasteiger partial charge in [-0.1, -0.05) is 18.2 Å². The Balaban J connectivity index is 2.17. The molecule has 24 heavy (non-hydrogen) atoms. The number of rotatable bonds is 2. The van der Waals surface area contributed by atoms with E-state index in [1.807, 2.05) is 0 Å². The molecule has 1 aliphatic rings. The van der Waals surface area contributed by atoms with Gasteiger partial charge in [-0.05, 0) is 24.3 Å². The normalized spacial score (nSPS) is 17.9. The summed E-state index contributed by atoms with van der Waals surface area (Å²) in [6.45, 7) is 0. The van der Waals surface area contributed by atoms with Gasteiger partial charge in [-0.15, -0.1) is 0 Å². The van der Waals surface area contributed by atoms with Crippen molar-refractivity contribution in [2.24, 2.45) is 0 Å². The number of fused-ring (bicyclic) bond motifs is 1. The molecule has 124 valence electrons. The number of pyridine rings is 1. The van der Waals surface area contributed by atoms with Gasteiger partial charge in [0, 0.05) is 11.8 Å². The number of sulfonamides is 1. The lowest BCUT2D eigenvalue weighted by molar-refractivity contribution is -0.714. The molecule has 1 aromatic carbocycles. The van der Waals surface area contributed by atoms with Crippen LogP contribution in [0, 0.1) is 0 Å². The molecule has 0 radical (unpaired) electrons. The molecule has 0 saturated carbocycles. The number of aliphatic hydroxyl groups excluding tert-OH is 1. The Kier molecular flexibility index (Phi) is 3.66. The molecule has 1 amide bonds. The Bertz CT molecular complexity index is 950. The summed E-state index contributed by atoms with van der Waals surface area (Å²) in [5.74, 6) is -0.827. The maximum Gasteiger partial charge on any atom is 0.332 e. The molecule has 0 bridgehead atoms. The Morgan fingerprint density at radius 1 is 1.12 bits per heavy atom. The number of nitrogens with one attached hydrogen (secondary N) is 1. The van der Waals surface area contributed by atoms with Gasteiger partial charge in [-0.25, -0.2) is 4.98 Å². The summed E-state index contributed by atoms with van der Waals surface area (Å²) in [6.07, 6.45) is 1.50. The van der Waals surface area contributed by atoms with E-state index in [1.54, 1.807) is 30.3 Å². The second-order valence-electron chi connectivity index (χ2n) is 5.69.